The summed E-state index contributed by atoms with van der Waals surface area (Å²) in [5.41, 5.74) is 0.270. The molecule has 1 fully saturated rings. The summed E-state index contributed by atoms with van der Waals surface area (Å²) < 4.78 is 5.19. The number of carboxylic acids is 1. The van der Waals surface area contributed by atoms with Crippen LogP contribution in [0.25, 0.3) is 0 Å². The van der Waals surface area contributed by atoms with Gasteiger partial charge in [0.05, 0.1) is 12.2 Å². The molecule has 1 heterocycles. The fraction of sp³-hybridized carbons (Fsp3) is 0.462. The fourth-order valence-corrected chi connectivity index (χ4v) is 2.07. The molecular formula is C13H15ClN2O4. The highest BCUT2D eigenvalue weighted by Crippen LogP contribution is 2.29. The summed E-state index contributed by atoms with van der Waals surface area (Å²) in [6, 6.07) is 1.46. The molecule has 2 rings (SSSR count). The van der Waals surface area contributed by atoms with E-state index in [-0.39, 0.29) is 35.0 Å². The van der Waals surface area contributed by atoms with Gasteiger partial charge < -0.3 is 14.7 Å². The van der Waals surface area contributed by atoms with Crippen LogP contribution < -0.4 is 4.74 Å². The lowest BCUT2D eigenvalue weighted by Crippen LogP contribution is -2.37. The van der Waals surface area contributed by atoms with Crippen LogP contribution >= 0.6 is 11.6 Å². The second-order valence-corrected chi connectivity index (χ2v) is 4.91. The zero-order valence-corrected chi connectivity index (χ0v) is 11.8. The van der Waals surface area contributed by atoms with E-state index in [0.29, 0.717) is 6.61 Å². The van der Waals surface area contributed by atoms with Crippen molar-refractivity contribution in [1.82, 2.24) is 9.88 Å². The normalized spacial score (nSPS) is 13.9. The quantitative estimate of drug-likeness (QED) is 0.866. The molecule has 1 saturated carbocycles. The predicted octanol–water partition coefficient (Wildman–Crippen LogP) is 1.82. The monoisotopic (exact) mass is 298 g/mol. The van der Waals surface area contributed by atoms with Crippen molar-refractivity contribution >= 4 is 23.5 Å². The Bertz CT molecular complexity index is 531. The highest BCUT2D eigenvalue weighted by atomic mass is 35.5. The maximum Gasteiger partial charge on any atom is 0.323 e. The summed E-state index contributed by atoms with van der Waals surface area (Å²) in [5.74, 6) is -1.13. The number of pyridine rings is 1. The third-order valence-electron chi connectivity index (χ3n) is 2.89. The zero-order valence-electron chi connectivity index (χ0n) is 11.0. The number of amides is 1. The highest BCUT2D eigenvalue weighted by Gasteiger charge is 2.34. The van der Waals surface area contributed by atoms with Crippen LogP contribution in [0.5, 0.6) is 5.88 Å². The number of aliphatic carboxylic acids is 1. The second kappa shape index (κ2) is 6.09. The van der Waals surface area contributed by atoms with Gasteiger partial charge in [0, 0.05) is 12.2 Å². The van der Waals surface area contributed by atoms with Crippen LogP contribution in [0.4, 0.5) is 0 Å². The van der Waals surface area contributed by atoms with E-state index in [1.165, 1.54) is 17.2 Å². The summed E-state index contributed by atoms with van der Waals surface area (Å²) >= 11 is 5.98. The Morgan fingerprint density at radius 1 is 1.55 bits per heavy atom. The van der Waals surface area contributed by atoms with Crippen LogP contribution in [-0.4, -0.2) is 46.1 Å². The number of carbonyl (C=O) groups is 2. The first-order valence-electron chi connectivity index (χ1n) is 6.34. The average Bonchev–Trinajstić information content (AvgIpc) is 3.22. The van der Waals surface area contributed by atoms with Crippen LogP contribution in [0.15, 0.2) is 12.3 Å². The molecular weight excluding hydrogens is 284 g/mol. The number of nitrogens with zero attached hydrogens (tertiary/aromatic N) is 2. The number of ether oxygens (including phenoxy) is 1. The lowest BCUT2D eigenvalue weighted by atomic mass is 10.2. The topological polar surface area (TPSA) is 79.7 Å². The molecule has 0 unspecified atom stereocenters. The van der Waals surface area contributed by atoms with Gasteiger partial charge in [0.15, 0.2) is 0 Å². The summed E-state index contributed by atoms with van der Waals surface area (Å²) in [4.78, 5) is 28.5. The lowest BCUT2D eigenvalue weighted by molar-refractivity contribution is -0.137. The van der Waals surface area contributed by atoms with Gasteiger partial charge in [0.1, 0.15) is 11.6 Å². The molecule has 1 amide bonds. The minimum absolute atomic E-state index is 0.00365. The lowest BCUT2D eigenvalue weighted by Gasteiger charge is -2.20. The molecule has 0 atom stereocenters. The van der Waals surface area contributed by atoms with Crippen molar-refractivity contribution in [2.24, 2.45) is 0 Å². The van der Waals surface area contributed by atoms with Crippen molar-refractivity contribution in [2.45, 2.75) is 25.8 Å². The van der Waals surface area contributed by atoms with E-state index in [1.807, 2.05) is 0 Å². The maximum atomic E-state index is 12.3. The van der Waals surface area contributed by atoms with Gasteiger partial charge in [-0.05, 0) is 25.8 Å². The van der Waals surface area contributed by atoms with Crippen LogP contribution in [0, 0.1) is 0 Å². The van der Waals surface area contributed by atoms with E-state index in [4.69, 9.17) is 21.4 Å². The molecule has 1 aliphatic carbocycles. The maximum absolute atomic E-state index is 12.3. The van der Waals surface area contributed by atoms with Crippen LogP contribution in [0.3, 0.4) is 0 Å². The summed E-state index contributed by atoms with van der Waals surface area (Å²) in [6.45, 7) is 1.92. The zero-order chi connectivity index (χ0) is 14.7. The Morgan fingerprint density at radius 2 is 2.25 bits per heavy atom. The van der Waals surface area contributed by atoms with Gasteiger partial charge in [-0.1, -0.05) is 11.6 Å². The van der Waals surface area contributed by atoms with E-state index < -0.39 is 5.97 Å². The van der Waals surface area contributed by atoms with E-state index in [2.05, 4.69) is 4.98 Å². The first kappa shape index (κ1) is 14.6. The summed E-state index contributed by atoms with van der Waals surface area (Å²) in [5, 5.41) is 9.11. The van der Waals surface area contributed by atoms with E-state index in [9.17, 15) is 9.59 Å². The van der Waals surface area contributed by atoms with Gasteiger partial charge in [-0.2, -0.15) is 0 Å². The molecule has 0 aromatic carbocycles. The first-order chi connectivity index (χ1) is 9.52. The standard InChI is InChI=1S/C13H15ClN2O4/c1-2-20-12-10(14)5-8(6-15-12)13(19)16(7-11(17)18)9-3-4-9/h5-6,9H,2-4,7H2,1H3,(H,17,18). The number of rotatable bonds is 6. The Morgan fingerprint density at radius 3 is 2.75 bits per heavy atom. The van der Waals surface area contributed by atoms with Crippen molar-refractivity contribution in [3.8, 4) is 5.88 Å². The number of halogens is 1. The number of carbonyl (C=O) groups excluding carboxylic acids is 1. The number of carboxylic acid groups (broad SMARTS) is 1. The smallest absolute Gasteiger partial charge is 0.323 e. The molecule has 0 bridgehead atoms. The molecule has 6 nitrogen and oxygen atoms in total. The fourth-order valence-electron chi connectivity index (χ4n) is 1.85. The third-order valence-corrected chi connectivity index (χ3v) is 3.16. The van der Waals surface area contributed by atoms with Gasteiger partial charge >= 0.3 is 5.97 Å². The van der Waals surface area contributed by atoms with Gasteiger partial charge in [0.25, 0.3) is 5.91 Å². The van der Waals surface area contributed by atoms with Gasteiger partial charge in [-0.25, -0.2) is 4.98 Å². The molecule has 0 radical (unpaired) electrons. The molecule has 0 saturated heterocycles. The molecule has 1 aromatic rings. The minimum Gasteiger partial charge on any atom is -0.480 e. The molecule has 1 N–H and O–H groups in total. The van der Waals surface area contributed by atoms with Crippen LogP contribution in [0.1, 0.15) is 30.1 Å². The number of aromatic nitrogens is 1. The van der Waals surface area contributed by atoms with Gasteiger partial charge in [-0.3, -0.25) is 9.59 Å². The minimum atomic E-state index is -1.03. The molecule has 0 aliphatic heterocycles. The Balaban J connectivity index is 2.18. The van der Waals surface area contributed by atoms with E-state index in [1.54, 1.807) is 6.92 Å². The highest BCUT2D eigenvalue weighted by molar-refractivity contribution is 6.32. The SMILES string of the molecule is CCOc1ncc(C(=O)N(CC(=O)O)C2CC2)cc1Cl. The largest absolute Gasteiger partial charge is 0.480 e. The Kier molecular flexibility index (Phi) is 4.44. The summed E-state index contributed by atoms with van der Waals surface area (Å²) in [6.07, 6.45) is 3.02. The van der Waals surface area contributed by atoms with Crippen molar-refractivity contribution in [3.63, 3.8) is 0 Å². The molecule has 108 valence electrons. The molecule has 20 heavy (non-hydrogen) atoms. The van der Waals surface area contributed by atoms with Crippen molar-refractivity contribution in [3.05, 3.63) is 22.8 Å². The average molecular weight is 299 g/mol. The number of hydrogen-bond donors (Lipinski definition) is 1. The van der Waals surface area contributed by atoms with Gasteiger partial charge in [0.2, 0.25) is 5.88 Å². The van der Waals surface area contributed by atoms with Crippen molar-refractivity contribution in [2.75, 3.05) is 13.2 Å². The van der Waals surface area contributed by atoms with Crippen molar-refractivity contribution < 1.29 is 19.4 Å². The van der Waals surface area contributed by atoms with E-state index in [0.717, 1.165) is 12.8 Å². The number of hydrogen-bond acceptors (Lipinski definition) is 4. The summed E-state index contributed by atoms with van der Waals surface area (Å²) in [7, 11) is 0. The van der Waals surface area contributed by atoms with Gasteiger partial charge in [-0.15, -0.1) is 0 Å². The third kappa shape index (κ3) is 3.39. The van der Waals surface area contributed by atoms with Crippen LogP contribution in [-0.2, 0) is 4.79 Å². The van der Waals surface area contributed by atoms with E-state index >= 15 is 0 Å². The molecule has 7 heteroatoms. The predicted molar refractivity (Wildman–Crippen MR) is 72.1 cm³/mol. The molecule has 1 aliphatic rings. The second-order valence-electron chi connectivity index (χ2n) is 4.50. The first-order valence-corrected chi connectivity index (χ1v) is 6.71. The molecule has 0 spiro atoms. The Hall–Kier alpha value is -1.82. The molecule has 1 aromatic heterocycles. The van der Waals surface area contributed by atoms with Crippen molar-refractivity contribution in [1.29, 1.82) is 0 Å². The van der Waals surface area contributed by atoms with Crippen LogP contribution in [0.2, 0.25) is 5.02 Å². The Labute approximate surface area is 121 Å².